The highest BCUT2D eigenvalue weighted by molar-refractivity contribution is 5.95. The molecule has 5 heteroatoms. The maximum atomic E-state index is 9.64. The lowest BCUT2D eigenvalue weighted by atomic mass is 10.1. The number of anilines is 2. The van der Waals surface area contributed by atoms with Crippen LogP contribution in [0.5, 0.6) is 11.8 Å². The van der Waals surface area contributed by atoms with E-state index in [9.17, 15) is 15.4 Å². The van der Waals surface area contributed by atoms with Crippen molar-refractivity contribution in [1.29, 1.82) is 0 Å². The van der Waals surface area contributed by atoms with Gasteiger partial charge in [0.05, 0.1) is 0 Å². The van der Waals surface area contributed by atoms with Gasteiger partial charge in [-0.05, 0) is 11.5 Å². The largest absolute Gasteiger partial charge is 0.492 e. The van der Waals surface area contributed by atoms with Crippen molar-refractivity contribution in [2.45, 2.75) is 0 Å². The van der Waals surface area contributed by atoms with Gasteiger partial charge in [0.25, 0.3) is 5.88 Å². The Kier molecular flexibility index (Phi) is 2.45. The van der Waals surface area contributed by atoms with Crippen molar-refractivity contribution in [1.82, 2.24) is 4.73 Å². The van der Waals surface area contributed by atoms with Crippen molar-refractivity contribution in [3.05, 3.63) is 48.5 Å². The molecule has 1 aromatic heterocycles. The standard InChI is InChI=1S/C14H12N2O3/c17-13-8-12(14(18)16(13)19)15-11-7-3-5-9-4-1-2-6-10(9)11/h1-8,15,17-19H. The molecule has 3 aromatic rings. The lowest BCUT2D eigenvalue weighted by molar-refractivity contribution is 0.131. The van der Waals surface area contributed by atoms with Crippen molar-refractivity contribution in [2.75, 3.05) is 5.32 Å². The second-order valence-electron chi connectivity index (χ2n) is 4.20. The quantitative estimate of drug-likeness (QED) is 0.531. The van der Waals surface area contributed by atoms with Crippen molar-refractivity contribution in [3.8, 4) is 11.8 Å². The van der Waals surface area contributed by atoms with E-state index in [0.29, 0.717) is 4.73 Å². The summed E-state index contributed by atoms with van der Waals surface area (Å²) in [4.78, 5) is 0. The van der Waals surface area contributed by atoms with E-state index in [4.69, 9.17) is 0 Å². The third kappa shape index (κ3) is 1.81. The first-order valence-corrected chi connectivity index (χ1v) is 5.74. The summed E-state index contributed by atoms with van der Waals surface area (Å²) in [6, 6.07) is 14.8. The zero-order valence-corrected chi connectivity index (χ0v) is 9.91. The smallest absolute Gasteiger partial charge is 0.253 e. The molecule has 0 saturated carbocycles. The third-order valence-corrected chi connectivity index (χ3v) is 2.99. The van der Waals surface area contributed by atoms with Crippen LogP contribution in [0.15, 0.2) is 48.5 Å². The average Bonchev–Trinajstić information content (AvgIpc) is 2.67. The molecule has 0 saturated heterocycles. The highest BCUT2D eigenvalue weighted by atomic mass is 16.5. The lowest BCUT2D eigenvalue weighted by Gasteiger charge is -2.08. The highest BCUT2D eigenvalue weighted by Crippen LogP contribution is 2.34. The van der Waals surface area contributed by atoms with Crippen molar-refractivity contribution < 1.29 is 15.4 Å². The van der Waals surface area contributed by atoms with Gasteiger partial charge in [0.15, 0.2) is 0 Å². The van der Waals surface area contributed by atoms with Crippen molar-refractivity contribution >= 4 is 22.1 Å². The van der Waals surface area contributed by atoms with Gasteiger partial charge in [-0.2, -0.15) is 0 Å². The van der Waals surface area contributed by atoms with Gasteiger partial charge in [-0.1, -0.05) is 36.4 Å². The molecule has 4 N–H and O–H groups in total. The molecule has 0 spiro atoms. The SMILES string of the molecule is Oc1cc(Nc2cccc3ccccc23)c(O)n1O. The zero-order valence-electron chi connectivity index (χ0n) is 9.91. The average molecular weight is 256 g/mol. The first-order chi connectivity index (χ1) is 9.16. The fraction of sp³-hybridized carbons (Fsp3) is 0. The second kappa shape index (κ2) is 4.13. The Balaban J connectivity index is 2.08. The number of rotatable bonds is 2. The molecule has 96 valence electrons. The lowest BCUT2D eigenvalue weighted by Crippen LogP contribution is -1.92. The molecule has 0 unspecified atom stereocenters. The Hall–Kier alpha value is -2.82. The van der Waals surface area contributed by atoms with E-state index in [2.05, 4.69) is 5.32 Å². The fourth-order valence-electron chi connectivity index (χ4n) is 2.05. The molecular formula is C14H12N2O3. The first kappa shape index (κ1) is 11.3. The molecule has 3 rings (SSSR count). The Morgan fingerprint density at radius 3 is 2.37 bits per heavy atom. The molecule has 0 aliphatic carbocycles. The predicted molar refractivity (Wildman–Crippen MR) is 72.2 cm³/mol. The number of aromatic hydroxyl groups is 2. The maximum Gasteiger partial charge on any atom is 0.253 e. The van der Waals surface area contributed by atoms with Crippen LogP contribution in [0.4, 0.5) is 11.4 Å². The Morgan fingerprint density at radius 1 is 0.895 bits per heavy atom. The number of nitrogens with zero attached hydrogens (tertiary/aromatic N) is 1. The molecule has 0 radical (unpaired) electrons. The van der Waals surface area contributed by atoms with Gasteiger partial charge < -0.3 is 20.7 Å². The number of hydrogen-bond acceptors (Lipinski definition) is 4. The van der Waals surface area contributed by atoms with E-state index in [-0.39, 0.29) is 5.69 Å². The van der Waals surface area contributed by atoms with Crippen LogP contribution < -0.4 is 5.32 Å². The summed E-state index contributed by atoms with van der Waals surface area (Å²) >= 11 is 0. The molecule has 0 bridgehead atoms. The molecule has 1 heterocycles. The Labute approximate surface area is 108 Å². The van der Waals surface area contributed by atoms with E-state index in [0.717, 1.165) is 16.5 Å². The molecule has 0 aliphatic heterocycles. The molecule has 0 amide bonds. The van der Waals surface area contributed by atoms with E-state index < -0.39 is 11.8 Å². The number of aromatic nitrogens is 1. The summed E-state index contributed by atoms with van der Waals surface area (Å²) < 4.78 is 0.313. The van der Waals surface area contributed by atoms with E-state index >= 15 is 0 Å². The van der Waals surface area contributed by atoms with Crippen molar-refractivity contribution in [3.63, 3.8) is 0 Å². The van der Waals surface area contributed by atoms with Gasteiger partial charge in [0.1, 0.15) is 5.69 Å². The minimum absolute atomic E-state index is 0.233. The van der Waals surface area contributed by atoms with Gasteiger partial charge in [-0.25, -0.2) is 0 Å². The monoisotopic (exact) mass is 256 g/mol. The van der Waals surface area contributed by atoms with Gasteiger partial charge in [-0.3, -0.25) is 0 Å². The second-order valence-corrected chi connectivity index (χ2v) is 4.20. The van der Waals surface area contributed by atoms with Crippen LogP contribution in [0.3, 0.4) is 0 Å². The van der Waals surface area contributed by atoms with Crippen molar-refractivity contribution in [2.24, 2.45) is 0 Å². The third-order valence-electron chi connectivity index (χ3n) is 2.99. The van der Waals surface area contributed by atoms with Crippen LogP contribution in [0.2, 0.25) is 0 Å². The molecule has 2 aromatic carbocycles. The normalized spacial score (nSPS) is 10.7. The van der Waals surface area contributed by atoms with Crippen LogP contribution >= 0.6 is 0 Å². The molecule has 5 nitrogen and oxygen atoms in total. The summed E-state index contributed by atoms with van der Waals surface area (Å²) in [5.41, 5.74) is 1.01. The van der Waals surface area contributed by atoms with Crippen LogP contribution in [0.1, 0.15) is 0 Å². The minimum atomic E-state index is -0.439. The van der Waals surface area contributed by atoms with Crippen LogP contribution in [0.25, 0.3) is 10.8 Å². The maximum absolute atomic E-state index is 9.64. The number of hydrogen-bond donors (Lipinski definition) is 4. The summed E-state index contributed by atoms with van der Waals surface area (Å²) in [5.74, 6) is -0.870. The molecule has 19 heavy (non-hydrogen) atoms. The topological polar surface area (TPSA) is 77.6 Å². The molecule has 0 fully saturated rings. The first-order valence-electron chi connectivity index (χ1n) is 5.74. The number of fused-ring (bicyclic) bond motifs is 1. The summed E-state index contributed by atoms with van der Waals surface area (Å²) in [6.45, 7) is 0. The van der Waals surface area contributed by atoms with Gasteiger partial charge in [0.2, 0.25) is 5.88 Å². The van der Waals surface area contributed by atoms with Gasteiger partial charge >= 0.3 is 0 Å². The van der Waals surface area contributed by atoms with E-state index in [1.54, 1.807) is 0 Å². The van der Waals surface area contributed by atoms with Crippen LogP contribution in [-0.4, -0.2) is 20.2 Å². The summed E-state index contributed by atoms with van der Waals surface area (Å²) in [6.07, 6.45) is 0. The minimum Gasteiger partial charge on any atom is -0.492 e. The van der Waals surface area contributed by atoms with Crippen LogP contribution in [-0.2, 0) is 0 Å². The summed E-state index contributed by atoms with van der Waals surface area (Å²) in [5, 5.41) is 33.3. The Bertz CT molecular complexity index is 744. The number of nitrogens with one attached hydrogen (secondary N) is 1. The molecular weight excluding hydrogens is 244 g/mol. The van der Waals surface area contributed by atoms with E-state index in [1.807, 2.05) is 42.5 Å². The summed E-state index contributed by atoms with van der Waals surface area (Å²) in [7, 11) is 0. The Morgan fingerprint density at radius 2 is 1.63 bits per heavy atom. The predicted octanol–water partition coefficient (Wildman–Crippen LogP) is 3.03. The highest BCUT2D eigenvalue weighted by Gasteiger charge is 2.13. The van der Waals surface area contributed by atoms with Gasteiger partial charge in [-0.15, -0.1) is 4.73 Å². The van der Waals surface area contributed by atoms with E-state index in [1.165, 1.54) is 6.07 Å². The molecule has 0 aliphatic rings. The van der Waals surface area contributed by atoms with Crippen LogP contribution in [0, 0.1) is 0 Å². The number of benzene rings is 2. The fourth-order valence-corrected chi connectivity index (χ4v) is 2.05. The molecule has 0 atom stereocenters. The van der Waals surface area contributed by atoms with Gasteiger partial charge in [0, 0.05) is 17.1 Å². The zero-order chi connectivity index (χ0) is 13.4.